The topological polar surface area (TPSA) is 46.1 Å². The van der Waals surface area contributed by atoms with E-state index >= 15 is 0 Å². The standard InChI is InChI=1S/C24H33N3O2/c1-3-25-24(27(2)16-23-12-13-28-19-23)26-15-21-10-7-11-22(14-21)18-29-17-20-8-5-4-6-9-20/h4-11,14,23H,3,12-13,15-19H2,1-2H3,(H,25,26). The molecule has 0 amide bonds. The van der Waals surface area contributed by atoms with Crippen LogP contribution in [-0.4, -0.2) is 44.2 Å². The molecule has 1 aliphatic rings. The quantitative estimate of drug-likeness (QED) is 0.518. The lowest BCUT2D eigenvalue weighted by Gasteiger charge is -2.24. The van der Waals surface area contributed by atoms with Crippen molar-refractivity contribution >= 4 is 5.96 Å². The summed E-state index contributed by atoms with van der Waals surface area (Å²) in [7, 11) is 2.10. The summed E-state index contributed by atoms with van der Waals surface area (Å²) in [4.78, 5) is 7.06. The summed E-state index contributed by atoms with van der Waals surface area (Å²) in [5.74, 6) is 1.54. The number of benzene rings is 2. The number of nitrogens with zero attached hydrogens (tertiary/aromatic N) is 2. The summed E-state index contributed by atoms with van der Waals surface area (Å²) in [6.07, 6.45) is 1.13. The maximum absolute atomic E-state index is 5.87. The molecular formula is C24H33N3O2. The minimum absolute atomic E-state index is 0.592. The number of nitrogens with one attached hydrogen (secondary N) is 1. The lowest BCUT2D eigenvalue weighted by Crippen LogP contribution is -2.41. The molecule has 29 heavy (non-hydrogen) atoms. The number of hydrogen-bond acceptors (Lipinski definition) is 3. The van der Waals surface area contributed by atoms with Crippen LogP contribution in [0.25, 0.3) is 0 Å². The zero-order valence-electron chi connectivity index (χ0n) is 17.6. The number of guanidine groups is 1. The fourth-order valence-corrected chi connectivity index (χ4v) is 3.52. The van der Waals surface area contributed by atoms with E-state index in [9.17, 15) is 0 Å². The van der Waals surface area contributed by atoms with Crippen LogP contribution in [0, 0.1) is 5.92 Å². The molecule has 3 rings (SSSR count). The van der Waals surface area contributed by atoms with Gasteiger partial charge in [-0.3, -0.25) is 0 Å². The van der Waals surface area contributed by atoms with Gasteiger partial charge in [0.1, 0.15) is 0 Å². The number of rotatable bonds is 9. The average Bonchev–Trinajstić information content (AvgIpc) is 3.25. The molecular weight excluding hydrogens is 362 g/mol. The highest BCUT2D eigenvalue weighted by Gasteiger charge is 2.19. The third-order valence-electron chi connectivity index (χ3n) is 5.04. The Labute approximate surface area is 174 Å². The summed E-state index contributed by atoms with van der Waals surface area (Å²) >= 11 is 0. The van der Waals surface area contributed by atoms with Crippen molar-refractivity contribution < 1.29 is 9.47 Å². The van der Waals surface area contributed by atoms with Crippen LogP contribution < -0.4 is 5.32 Å². The molecule has 0 aromatic heterocycles. The van der Waals surface area contributed by atoms with E-state index in [1.165, 1.54) is 16.7 Å². The fourth-order valence-electron chi connectivity index (χ4n) is 3.52. The molecule has 1 aliphatic heterocycles. The first kappa shape index (κ1) is 21.3. The molecule has 1 saturated heterocycles. The monoisotopic (exact) mass is 395 g/mol. The highest BCUT2D eigenvalue weighted by molar-refractivity contribution is 5.79. The van der Waals surface area contributed by atoms with Gasteiger partial charge in [0.05, 0.1) is 26.4 Å². The van der Waals surface area contributed by atoms with Gasteiger partial charge in [0.15, 0.2) is 5.96 Å². The van der Waals surface area contributed by atoms with Crippen molar-refractivity contribution in [2.24, 2.45) is 10.9 Å². The molecule has 2 aromatic carbocycles. The Morgan fingerprint density at radius 2 is 1.86 bits per heavy atom. The van der Waals surface area contributed by atoms with Crippen molar-refractivity contribution in [3.8, 4) is 0 Å². The van der Waals surface area contributed by atoms with Crippen molar-refractivity contribution in [2.45, 2.75) is 33.1 Å². The number of aliphatic imine (C=N–C) groups is 1. The van der Waals surface area contributed by atoms with Crippen LogP contribution in [0.1, 0.15) is 30.0 Å². The van der Waals surface area contributed by atoms with Gasteiger partial charge in [-0.05, 0) is 30.0 Å². The minimum Gasteiger partial charge on any atom is -0.381 e. The van der Waals surface area contributed by atoms with Crippen LogP contribution in [-0.2, 0) is 29.2 Å². The maximum atomic E-state index is 5.87. The van der Waals surface area contributed by atoms with Gasteiger partial charge in [-0.15, -0.1) is 0 Å². The SMILES string of the molecule is CCNC(=NCc1cccc(COCc2ccccc2)c1)N(C)CC1CCOC1. The van der Waals surface area contributed by atoms with E-state index in [1.807, 2.05) is 18.2 Å². The molecule has 1 N–H and O–H groups in total. The Hall–Kier alpha value is -2.37. The Kier molecular flexibility index (Phi) is 8.53. The third-order valence-corrected chi connectivity index (χ3v) is 5.04. The van der Waals surface area contributed by atoms with Gasteiger partial charge in [0.25, 0.3) is 0 Å². The van der Waals surface area contributed by atoms with E-state index in [0.717, 1.165) is 38.7 Å². The first-order valence-corrected chi connectivity index (χ1v) is 10.5. The summed E-state index contributed by atoms with van der Waals surface area (Å²) in [5, 5.41) is 3.40. The zero-order valence-corrected chi connectivity index (χ0v) is 17.6. The van der Waals surface area contributed by atoms with Crippen LogP contribution in [0.3, 0.4) is 0 Å². The van der Waals surface area contributed by atoms with Crippen molar-refractivity contribution in [3.05, 3.63) is 71.3 Å². The van der Waals surface area contributed by atoms with Crippen LogP contribution in [0.5, 0.6) is 0 Å². The van der Waals surface area contributed by atoms with Gasteiger partial charge in [-0.25, -0.2) is 4.99 Å². The van der Waals surface area contributed by atoms with E-state index in [4.69, 9.17) is 14.5 Å². The Morgan fingerprint density at radius 3 is 2.62 bits per heavy atom. The Morgan fingerprint density at radius 1 is 1.10 bits per heavy atom. The predicted molar refractivity (Wildman–Crippen MR) is 118 cm³/mol. The second-order valence-electron chi connectivity index (χ2n) is 7.58. The maximum Gasteiger partial charge on any atom is 0.193 e. The normalized spacial score (nSPS) is 16.8. The first-order valence-electron chi connectivity index (χ1n) is 10.5. The van der Waals surface area contributed by atoms with Crippen LogP contribution in [0.15, 0.2) is 59.6 Å². The van der Waals surface area contributed by atoms with E-state index in [-0.39, 0.29) is 0 Å². The summed E-state index contributed by atoms with van der Waals surface area (Å²) in [5.41, 5.74) is 3.56. The molecule has 1 unspecified atom stereocenters. The molecule has 156 valence electrons. The van der Waals surface area contributed by atoms with Crippen LogP contribution >= 0.6 is 0 Å². The highest BCUT2D eigenvalue weighted by atomic mass is 16.5. The van der Waals surface area contributed by atoms with Gasteiger partial charge < -0.3 is 19.7 Å². The van der Waals surface area contributed by atoms with Gasteiger partial charge in [0.2, 0.25) is 0 Å². The second kappa shape index (κ2) is 11.6. The number of hydrogen-bond donors (Lipinski definition) is 1. The summed E-state index contributed by atoms with van der Waals surface area (Å²) in [6.45, 7) is 7.56. The lowest BCUT2D eigenvalue weighted by molar-refractivity contribution is 0.107. The van der Waals surface area contributed by atoms with E-state index in [0.29, 0.717) is 25.7 Å². The predicted octanol–water partition coefficient (Wildman–Crippen LogP) is 3.84. The smallest absolute Gasteiger partial charge is 0.193 e. The molecule has 0 aliphatic carbocycles. The molecule has 5 heteroatoms. The lowest BCUT2D eigenvalue weighted by atomic mass is 10.1. The third kappa shape index (κ3) is 7.18. The fraction of sp³-hybridized carbons (Fsp3) is 0.458. The first-order chi connectivity index (χ1) is 14.2. The van der Waals surface area contributed by atoms with Crippen molar-refractivity contribution in [1.29, 1.82) is 0 Å². The van der Waals surface area contributed by atoms with Crippen LogP contribution in [0.2, 0.25) is 0 Å². The van der Waals surface area contributed by atoms with Crippen molar-refractivity contribution in [1.82, 2.24) is 10.2 Å². The molecule has 0 saturated carbocycles. The van der Waals surface area contributed by atoms with E-state index < -0.39 is 0 Å². The molecule has 1 heterocycles. The van der Waals surface area contributed by atoms with Crippen molar-refractivity contribution in [2.75, 3.05) is 33.4 Å². The zero-order chi connectivity index (χ0) is 20.3. The second-order valence-corrected chi connectivity index (χ2v) is 7.58. The summed E-state index contributed by atoms with van der Waals surface area (Å²) in [6, 6.07) is 18.8. The molecule has 2 aromatic rings. The largest absolute Gasteiger partial charge is 0.381 e. The van der Waals surface area contributed by atoms with E-state index in [1.54, 1.807) is 0 Å². The van der Waals surface area contributed by atoms with Crippen LogP contribution in [0.4, 0.5) is 0 Å². The van der Waals surface area contributed by atoms with Gasteiger partial charge in [0, 0.05) is 32.7 Å². The molecule has 1 fully saturated rings. The van der Waals surface area contributed by atoms with Gasteiger partial charge in [-0.1, -0.05) is 54.6 Å². The number of ether oxygens (including phenoxy) is 2. The Bertz CT molecular complexity index is 758. The van der Waals surface area contributed by atoms with E-state index in [2.05, 4.69) is 60.6 Å². The molecule has 5 nitrogen and oxygen atoms in total. The Balaban J connectivity index is 1.53. The molecule has 1 atom stereocenters. The van der Waals surface area contributed by atoms with Crippen molar-refractivity contribution in [3.63, 3.8) is 0 Å². The minimum atomic E-state index is 0.592. The van der Waals surface area contributed by atoms with Gasteiger partial charge >= 0.3 is 0 Å². The average molecular weight is 396 g/mol. The summed E-state index contributed by atoms with van der Waals surface area (Å²) < 4.78 is 11.4. The van der Waals surface area contributed by atoms with Gasteiger partial charge in [-0.2, -0.15) is 0 Å². The molecule has 0 spiro atoms. The highest BCUT2D eigenvalue weighted by Crippen LogP contribution is 2.14. The molecule has 0 radical (unpaired) electrons. The molecule has 0 bridgehead atoms.